The number of rotatable bonds is 22. The standard InChI is InChI=1S/C40H52ClN5O9S/c1-5-6-7-8-9-10-11-12-13-14-15-16-17-20-25-55-38(48)28-23-24-29(41)31(26-28)44-37(47)35(46-27-42-33(39(49)53-3)34(46)40(50)54-4)36-43-30-21-18-19-22-32(30)56(51,52)45(36)2/h18-19,21-24,26-27,35H,5-17,20,25H2,1-4H3,(H,44,47). The molecule has 0 spiro atoms. The number of imidazole rings is 1. The molecule has 0 saturated heterocycles. The van der Waals surface area contributed by atoms with Gasteiger partial charge in [-0.1, -0.05) is 114 Å². The number of esters is 3. The van der Waals surface area contributed by atoms with Crippen LogP contribution < -0.4 is 5.32 Å². The van der Waals surface area contributed by atoms with Gasteiger partial charge in [0.25, 0.3) is 15.9 Å². The lowest BCUT2D eigenvalue weighted by atomic mass is 10.0. The maximum Gasteiger partial charge on any atom is 0.359 e. The Kier molecular flexibility index (Phi) is 16.9. The number of carbonyl (C=O) groups is 4. The van der Waals surface area contributed by atoms with Crippen LogP contribution in [0.1, 0.15) is 134 Å². The number of para-hydroxylation sites is 1. The fourth-order valence-corrected chi connectivity index (χ4v) is 7.90. The van der Waals surface area contributed by atoms with E-state index < -0.39 is 51.3 Å². The van der Waals surface area contributed by atoms with E-state index in [0.29, 0.717) is 6.42 Å². The first-order chi connectivity index (χ1) is 27.0. The number of benzene rings is 2. The van der Waals surface area contributed by atoms with E-state index in [1.54, 1.807) is 6.07 Å². The summed E-state index contributed by atoms with van der Waals surface area (Å²) in [5.41, 5.74) is -0.850. The second kappa shape index (κ2) is 21.5. The van der Waals surface area contributed by atoms with Crippen LogP contribution in [-0.4, -0.2) is 79.8 Å². The number of amidine groups is 1. The van der Waals surface area contributed by atoms with Crippen LogP contribution in [0.15, 0.2) is 58.7 Å². The van der Waals surface area contributed by atoms with E-state index in [1.807, 2.05) is 0 Å². The van der Waals surface area contributed by atoms with E-state index >= 15 is 0 Å². The van der Waals surface area contributed by atoms with Crippen molar-refractivity contribution in [1.82, 2.24) is 13.9 Å². The number of nitrogens with one attached hydrogen (secondary N) is 1. The van der Waals surface area contributed by atoms with Crippen molar-refractivity contribution in [1.29, 1.82) is 0 Å². The van der Waals surface area contributed by atoms with Crippen LogP contribution in [-0.2, 0) is 29.0 Å². The molecule has 304 valence electrons. The third-order valence-corrected chi connectivity index (χ3v) is 11.7. The Morgan fingerprint density at radius 1 is 0.804 bits per heavy atom. The van der Waals surface area contributed by atoms with Gasteiger partial charge >= 0.3 is 17.9 Å². The maximum absolute atomic E-state index is 14.3. The average Bonchev–Trinajstić information content (AvgIpc) is 3.63. The molecule has 2 heterocycles. The predicted octanol–water partition coefficient (Wildman–Crippen LogP) is 8.29. The first-order valence-corrected chi connectivity index (χ1v) is 21.0. The van der Waals surface area contributed by atoms with E-state index in [2.05, 4.69) is 22.2 Å². The van der Waals surface area contributed by atoms with Crippen LogP contribution in [0.25, 0.3) is 0 Å². The molecule has 14 nitrogen and oxygen atoms in total. The number of halogens is 1. The van der Waals surface area contributed by atoms with Crippen LogP contribution in [0.5, 0.6) is 0 Å². The second-order valence-corrected chi connectivity index (χ2v) is 15.9. The molecule has 16 heteroatoms. The van der Waals surface area contributed by atoms with Crippen LogP contribution >= 0.6 is 11.6 Å². The molecular weight excluding hydrogens is 762 g/mol. The van der Waals surface area contributed by atoms with Crippen LogP contribution in [0, 0.1) is 0 Å². The predicted molar refractivity (Wildman–Crippen MR) is 213 cm³/mol. The molecule has 0 aliphatic carbocycles. The number of anilines is 1. The summed E-state index contributed by atoms with van der Waals surface area (Å²) >= 11 is 6.48. The lowest BCUT2D eigenvalue weighted by Crippen LogP contribution is -2.45. The lowest BCUT2D eigenvalue weighted by Gasteiger charge is -2.31. The number of carbonyl (C=O) groups excluding carboxylic acids is 4. The Balaban J connectivity index is 1.45. The molecule has 3 aromatic rings. The summed E-state index contributed by atoms with van der Waals surface area (Å²) in [6.45, 7) is 2.46. The van der Waals surface area contributed by atoms with E-state index in [9.17, 15) is 27.6 Å². The summed E-state index contributed by atoms with van der Waals surface area (Å²) in [6, 6.07) is 8.37. The van der Waals surface area contributed by atoms with Crippen molar-refractivity contribution in [3.05, 3.63) is 70.8 Å². The number of aliphatic imine (C=N–C) groups is 1. The van der Waals surface area contributed by atoms with Gasteiger partial charge in [0, 0.05) is 7.05 Å². The number of nitrogens with zero attached hydrogens (tertiary/aromatic N) is 4. The molecule has 1 amide bonds. The fraction of sp³-hybridized carbons (Fsp3) is 0.500. The summed E-state index contributed by atoms with van der Waals surface area (Å²) in [6.07, 6.45) is 17.9. The van der Waals surface area contributed by atoms with Crippen molar-refractivity contribution >= 4 is 62.6 Å². The van der Waals surface area contributed by atoms with E-state index in [0.717, 1.165) is 48.7 Å². The highest BCUT2D eigenvalue weighted by Crippen LogP contribution is 2.35. The quantitative estimate of drug-likeness (QED) is 0.0590. The van der Waals surface area contributed by atoms with E-state index in [-0.39, 0.29) is 39.3 Å². The van der Waals surface area contributed by atoms with E-state index in [1.165, 1.54) is 108 Å². The Bertz CT molecular complexity index is 1980. The van der Waals surface area contributed by atoms with Gasteiger partial charge in [0.1, 0.15) is 4.90 Å². The molecule has 0 bridgehead atoms. The van der Waals surface area contributed by atoms with Crippen molar-refractivity contribution in [2.24, 2.45) is 4.99 Å². The fourth-order valence-electron chi connectivity index (χ4n) is 6.43. The monoisotopic (exact) mass is 813 g/mol. The van der Waals surface area contributed by atoms with Crippen molar-refractivity contribution in [3.63, 3.8) is 0 Å². The van der Waals surface area contributed by atoms with Gasteiger partial charge in [-0.15, -0.1) is 0 Å². The zero-order valence-electron chi connectivity index (χ0n) is 32.6. The summed E-state index contributed by atoms with van der Waals surface area (Å²) in [5.74, 6) is -3.99. The highest BCUT2D eigenvalue weighted by Gasteiger charge is 2.42. The Morgan fingerprint density at radius 3 is 2.00 bits per heavy atom. The molecule has 0 saturated carbocycles. The van der Waals surface area contributed by atoms with Crippen molar-refractivity contribution < 1.29 is 41.8 Å². The Hall–Kier alpha value is -4.76. The average molecular weight is 814 g/mol. The highest BCUT2D eigenvalue weighted by molar-refractivity contribution is 7.90. The molecule has 1 N–H and O–H groups in total. The summed E-state index contributed by atoms with van der Waals surface area (Å²) in [5, 5.41) is 2.68. The first kappa shape index (κ1) is 44.0. The number of unbranched alkanes of at least 4 members (excludes halogenated alkanes) is 13. The largest absolute Gasteiger partial charge is 0.464 e. The molecule has 0 fully saturated rings. The minimum atomic E-state index is -4.24. The number of ether oxygens (including phenoxy) is 3. The number of hydrogen-bond acceptors (Lipinski definition) is 11. The third kappa shape index (κ3) is 11.2. The number of amides is 1. The molecule has 4 rings (SSSR count). The van der Waals surface area contributed by atoms with Gasteiger partial charge in [-0.3, -0.25) is 9.10 Å². The number of methoxy groups -OCH3 is 2. The Labute approximate surface area is 334 Å². The molecular formula is C40H52ClN5O9S. The SMILES string of the molecule is CCCCCCCCCCCCCCCCOC(=O)c1ccc(Cl)c(NC(=O)C(C2=Nc3ccccc3S(=O)(=O)N2C)n2cnc(C(=O)OC)c2C(=O)OC)c1. The zero-order chi connectivity index (χ0) is 40.7. The topological polar surface area (TPSA) is 176 Å². The third-order valence-electron chi connectivity index (χ3n) is 9.57. The summed E-state index contributed by atoms with van der Waals surface area (Å²) in [4.78, 5) is 61.5. The minimum absolute atomic E-state index is 0.0112. The minimum Gasteiger partial charge on any atom is -0.464 e. The summed E-state index contributed by atoms with van der Waals surface area (Å²) < 4.78 is 44.2. The zero-order valence-corrected chi connectivity index (χ0v) is 34.1. The van der Waals surface area contributed by atoms with Gasteiger partial charge < -0.3 is 24.1 Å². The number of likely N-dealkylation sites (N-methyl/N-ethyl adjacent to an activating group) is 1. The molecule has 1 aliphatic heterocycles. The molecule has 0 radical (unpaired) electrons. The number of sulfonamides is 1. The van der Waals surface area contributed by atoms with E-state index in [4.69, 9.17) is 25.8 Å². The molecule has 1 aliphatic rings. The van der Waals surface area contributed by atoms with Gasteiger partial charge in [0.05, 0.1) is 49.1 Å². The lowest BCUT2D eigenvalue weighted by molar-refractivity contribution is -0.117. The van der Waals surface area contributed by atoms with Crippen molar-refractivity contribution in [3.8, 4) is 0 Å². The first-order valence-electron chi connectivity index (χ1n) is 19.1. The maximum atomic E-state index is 14.3. The molecule has 1 unspecified atom stereocenters. The van der Waals surface area contributed by atoms with Gasteiger partial charge in [0.2, 0.25) is 0 Å². The second-order valence-electron chi connectivity index (χ2n) is 13.6. The molecule has 2 aromatic carbocycles. The van der Waals surface area contributed by atoms with Gasteiger partial charge in [-0.2, -0.15) is 0 Å². The highest BCUT2D eigenvalue weighted by atomic mass is 35.5. The van der Waals surface area contributed by atoms with Crippen molar-refractivity contribution in [2.45, 2.75) is 108 Å². The van der Waals surface area contributed by atoms with Crippen LogP contribution in [0.2, 0.25) is 5.02 Å². The number of hydrogen-bond donors (Lipinski definition) is 1. The normalized spacial score (nSPS) is 13.7. The smallest absolute Gasteiger partial charge is 0.359 e. The van der Waals surface area contributed by atoms with Crippen LogP contribution in [0.4, 0.5) is 11.4 Å². The molecule has 1 atom stereocenters. The van der Waals surface area contributed by atoms with Crippen LogP contribution in [0.3, 0.4) is 0 Å². The summed E-state index contributed by atoms with van der Waals surface area (Å²) in [7, 11) is -0.906. The number of aromatic nitrogens is 2. The Morgan fingerprint density at radius 2 is 1.39 bits per heavy atom. The van der Waals surface area contributed by atoms with Gasteiger partial charge in [0.15, 0.2) is 23.3 Å². The van der Waals surface area contributed by atoms with Gasteiger partial charge in [-0.25, -0.2) is 32.8 Å². The van der Waals surface area contributed by atoms with Crippen molar-refractivity contribution in [2.75, 3.05) is 33.2 Å². The molecule has 56 heavy (non-hydrogen) atoms. The molecule has 1 aromatic heterocycles. The van der Waals surface area contributed by atoms with Gasteiger partial charge in [-0.05, 0) is 36.8 Å². The number of fused-ring (bicyclic) bond motifs is 1.